The number of hydrogen-bond acceptors (Lipinski definition) is 3. The molecule has 0 atom stereocenters. The molecule has 0 saturated heterocycles. The number of nitrogens with two attached hydrogens (primary N) is 1. The summed E-state index contributed by atoms with van der Waals surface area (Å²) in [5, 5.41) is 4.03. The Bertz CT molecular complexity index is 58.0. The summed E-state index contributed by atoms with van der Waals surface area (Å²) in [4.78, 5) is 0. The van der Waals surface area contributed by atoms with Gasteiger partial charge in [-0.1, -0.05) is 0 Å². The van der Waals surface area contributed by atoms with Crippen LogP contribution >= 0.6 is 0 Å². The molecule has 0 rings (SSSR count). The Morgan fingerprint density at radius 1 is 1.40 bits per heavy atom. The molecule has 0 unspecified atom stereocenters. The fourth-order valence-corrected chi connectivity index (χ4v) is 0. The second-order valence-electron chi connectivity index (χ2n) is 0.260. The largest absolute Gasteiger partial charge is 1.00 e. The number of rotatable bonds is 0. The van der Waals surface area contributed by atoms with Gasteiger partial charge in [0.2, 0.25) is 0 Å². The Morgan fingerprint density at radius 3 is 1.40 bits per heavy atom. The molecule has 0 aliphatic rings. The van der Waals surface area contributed by atoms with Crippen LogP contribution in [0.5, 0.6) is 0 Å². The minimum absolute atomic E-state index is 0. The summed E-state index contributed by atoms with van der Waals surface area (Å²) in [6.07, 6.45) is 0. The normalized spacial score (nSPS) is 6.80. The molecule has 0 aliphatic carbocycles. The maximum Gasteiger partial charge on any atom is 1.00 e. The van der Waals surface area contributed by atoms with Gasteiger partial charge >= 0.3 is 29.6 Å². The van der Waals surface area contributed by atoms with Gasteiger partial charge in [0.1, 0.15) is 0 Å². The van der Waals surface area contributed by atoms with E-state index in [1.165, 1.54) is 0 Å². The van der Waals surface area contributed by atoms with Gasteiger partial charge in [0.05, 0.1) is 0 Å². The molecule has 0 radical (unpaired) electrons. The topological polar surface area (TPSA) is 60.2 Å². The van der Waals surface area contributed by atoms with Crippen molar-refractivity contribution in [3.63, 3.8) is 0 Å². The summed E-state index contributed by atoms with van der Waals surface area (Å²) in [7, 11) is -2.36. The third kappa shape index (κ3) is 50.2. The molecular formula is H2NNaO2S. The quantitative estimate of drug-likeness (QED) is 0.252. The molecular weight excluding hydrogens is 101 g/mol. The first-order valence-electron chi connectivity index (χ1n) is 0.569. The zero-order valence-electron chi connectivity index (χ0n) is 2.80. The molecule has 26 valence electrons. The summed E-state index contributed by atoms with van der Waals surface area (Å²) >= 11 is 0. The van der Waals surface area contributed by atoms with Crippen molar-refractivity contribution in [3.05, 3.63) is 0 Å². The molecule has 0 aromatic heterocycles. The van der Waals surface area contributed by atoms with Gasteiger partial charge in [-0.05, 0) is 10.9 Å². The molecule has 0 heterocycles. The molecule has 5 heavy (non-hydrogen) atoms. The zero-order chi connectivity index (χ0) is 3.58. The molecule has 0 fully saturated rings. The van der Waals surface area contributed by atoms with Crippen LogP contribution in [0.25, 0.3) is 0 Å². The first-order chi connectivity index (χ1) is 1.73. The van der Waals surface area contributed by atoms with Gasteiger partial charge < -0.3 is 13.6 Å². The number of hydrogen-bond donors (Lipinski definition) is 1. The zero-order valence-corrected chi connectivity index (χ0v) is 5.62. The molecule has 0 saturated carbocycles. The van der Waals surface area contributed by atoms with Gasteiger partial charge in [-0.2, -0.15) is 0 Å². The Morgan fingerprint density at radius 2 is 1.40 bits per heavy atom. The second-order valence-corrected chi connectivity index (χ2v) is 0.781. The van der Waals surface area contributed by atoms with E-state index < -0.39 is 10.9 Å². The van der Waals surface area contributed by atoms with E-state index in [-0.39, 0.29) is 29.6 Å². The summed E-state index contributed by atoms with van der Waals surface area (Å²) in [5.74, 6) is 0. The SMILES string of the molecule is N[S-](=O)=O.[Na+]. The van der Waals surface area contributed by atoms with E-state index >= 15 is 0 Å². The first kappa shape index (κ1) is 9.32. The Labute approximate surface area is 53.9 Å². The van der Waals surface area contributed by atoms with Crippen LogP contribution in [0.15, 0.2) is 0 Å². The third-order valence-electron chi connectivity index (χ3n) is 0. The smallest absolute Gasteiger partial charge is 0.409 e. The molecule has 3 nitrogen and oxygen atoms in total. The third-order valence-corrected chi connectivity index (χ3v) is 0. The average molecular weight is 103 g/mol. The average Bonchev–Trinajstić information content (AvgIpc) is 0.811. The van der Waals surface area contributed by atoms with Crippen LogP contribution in [0.2, 0.25) is 0 Å². The fraction of sp³-hybridized carbons (Fsp3) is 0. The molecule has 0 amide bonds. The molecule has 5 heteroatoms. The van der Waals surface area contributed by atoms with Crippen molar-refractivity contribution < 1.29 is 38.0 Å². The van der Waals surface area contributed by atoms with Gasteiger partial charge in [0, 0.05) is 0 Å². The van der Waals surface area contributed by atoms with Crippen molar-refractivity contribution in [3.8, 4) is 0 Å². The predicted octanol–water partition coefficient (Wildman–Crippen LogP) is -3.83. The van der Waals surface area contributed by atoms with Crippen LogP contribution < -0.4 is 34.7 Å². The second kappa shape index (κ2) is 4.91. The van der Waals surface area contributed by atoms with E-state index in [9.17, 15) is 0 Å². The van der Waals surface area contributed by atoms with Crippen molar-refractivity contribution in [2.45, 2.75) is 0 Å². The summed E-state index contributed by atoms with van der Waals surface area (Å²) < 4.78 is 17.6. The van der Waals surface area contributed by atoms with Crippen LogP contribution in [0, 0.1) is 0 Å². The van der Waals surface area contributed by atoms with E-state index in [0.29, 0.717) is 0 Å². The molecule has 0 spiro atoms. The van der Waals surface area contributed by atoms with Crippen molar-refractivity contribution >= 4 is 10.9 Å². The predicted molar refractivity (Wildman–Crippen MR) is 12.9 cm³/mol. The van der Waals surface area contributed by atoms with Crippen molar-refractivity contribution in [2.75, 3.05) is 0 Å². The van der Waals surface area contributed by atoms with E-state index in [1.807, 2.05) is 0 Å². The van der Waals surface area contributed by atoms with Crippen LogP contribution in [-0.2, 0) is 19.3 Å². The van der Waals surface area contributed by atoms with E-state index in [0.717, 1.165) is 0 Å². The van der Waals surface area contributed by atoms with Gasteiger partial charge in [-0.3, -0.25) is 0 Å². The maximum atomic E-state index is 8.78. The summed E-state index contributed by atoms with van der Waals surface area (Å²) in [6, 6.07) is 0. The summed E-state index contributed by atoms with van der Waals surface area (Å²) in [6.45, 7) is 0. The molecule has 0 aromatic rings. The van der Waals surface area contributed by atoms with Gasteiger partial charge in [-0.25, -0.2) is 0 Å². The van der Waals surface area contributed by atoms with Crippen LogP contribution in [0.4, 0.5) is 0 Å². The molecule has 0 bridgehead atoms. The fourth-order valence-electron chi connectivity index (χ4n) is 0. The maximum absolute atomic E-state index is 8.78. The first-order valence-corrected chi connectivity index (χ1v) is 1.71. The Kier molecular flexibility index (Phi) is 9.15. The molecule has 0 aromatic carbocycles. The summed E-state index contributed by atoms with van der Waals surface area (Å²) in [5.41, 5.74) is 0. The van der Waals surface area contributed by atoms with Crippen LogP contribution in [0.1, 0.15) is 0 Å². The van der Waals surface area contributed by atoms with E-state index in [2.05, 4.69) is 5.14 Å². The molecule has 2 N–H and O–H groups in total. The minimum atomic E-state index is -2.36. The van der Waals surface area contributed by atoms with Crippen molar-refractivity contribution in [1.29, 1.82) is 0 Å². The van der Waals surface area contributed by atoms with Gasteiger partial charge in [0.15, 0.2) is 0 Å². The standard InChI is InChI=1S/H2NO2S.Na/c1-4(2)3;/h(H2,1,2,3);/q-1;+1. The Balaban J connectivity index is 0. The van der Waals surface area contributed by atoms with Gasteiger partial charge in [0.25, 0.3) is 0 Å². The van der Waals surface area contributed by atoms with Gasteiger partial charge in [-0.15, -0.1) is 0 Å². The van der Waals surface area contributed by atoms with Crippen LogP contribution in [0.3, 0.4) is 0 Å². The minimum Gasteiger partial charge on any atom is -0.409 e. The van der Waals surface area contributed by atoms with E-state index in [4.69, 9.17) is 8.42 Å². The molecule has 0 aliphatic heterocycles. The Hall–Kier alpha value is 0.910. The van der Waals surface area contributed by atoms with E-state index in [1.54, 1.807) is 0 Å². The van der Waals surface area contributed by atoms with Crippen molar-refractivity contribution in [2.24, 2.45) is 5.14 Å². The van der Waals surface area contributed by atoms with Crippen molar-refractivity contribution in [1.82, 2.24) is 0 Å². The van der Waals surface area contributed by atoms with Crippen LogP contribution in [-0.4, -0.2) is 0 Å². The monoisotopic (exact) mass is 103 g/mol.